The van der Waals surface area contributed by atoms with Gasteiger partial charge in [-0.25, -0.2) is 8.42 Å². The van der Waals surface area contributed by atoms with Crippen molar-refractivity contribution in [1.29, 1.82) is 0 Å². The number of rotatable bonds is 8. The molecule has 0 radical (unpaired) electrons. The van der Waals surface area contributed by atoms with Crippen molar-refractivity contribution >= 4 is 21.6 Å². The van der Waals surface area contributed by atoms with E-state index in [4.69, 9.17) is 14.2 Å². The zero-order chi connectivity index (χ0) is 25.0. The maximum absolute atomic E-state index is 13.1. The van der Waals surface area contributed by atoms with Crippen LogP contribution in [0.4, 0.5) is 5.69 Å². The molecule has 0 spiro atoms. The Labute approximate surface area is 205 Å². The SMILES string of the molecule is C[C@H](NC(=O)[C@H](C)N(c1ccc(Oc2ccccc2)cc1)S(C)(=O)=O)c1ccc2c(c1)OCCO2. The molecule has 8 nitrogen and oxygen atoms in total. The van der Waals surface area contributed by atoms with E-state index in [-0.39, 0.29) is 6.04 Å². The highest BCUT2D eigenvalue weighted by atomic mass is 32.2. The molecule has 1 aliphatic rings. The van der Waals surface area contributed by atoms with Crippen LogP contribution >= 0.6 is 0 Å². The Bertz CT molecular complexity index is 1280. The monoisotopic (exact) mass is 496 g/mol. The van der Waals surface area contributed by atoms with Gasteiger partial charge in [-0.15, -0.1) is 0 Å². The van der Waals surface area contributed by atoms with Gasteiger partial charge in [0.15, 0.2) is 11.5 Å². The van der Waals surface area contributed by atoms with Crippen LogP contribution in [0.2, 0.25) is 0 Å². The number of ether oxygens (including phenoxy) is 3. The van der Waals surface area contributed by atoms with E-state index in [2.05, 4.69) is 5.32 Å². The van der Waals surface area contributed by atoms with Crippen LogP contribution in [-0.2, 0) is 14.8 Å². The van der Waals surface area contributed by atoms with Crippen LogP contribution in [-0.4, -0.2) is 39.8 Å². The summed E-state index contributed by atoms with van der Waals surface area (Å²) < 4.78 is 43.4. The molecule has 184 valence electrons. The van der Waals surface area contributed by atoms with Crippen LogP contribution in [0.5, 0.6) is 23.0 Å². The summed E-state index contributed by atoms with van der Waals surface area (Å²) in [7, 11) is -3.75. The lowest BCUT2D eigenvalue weighted by molar-refractivity contribution is -0.122. The van der Waals surface area contributed by atoms with Gasteiger partial charge in [-0.1, -0.05) is 24.3 Å². The molecule has 0 fully saturated rings. The van der Waals surface area contributed by atoms with Crippen molar-refractivity contribution in [2.75, 3.05) is 23.8 Å². The number of carbonyl (C=O) groups excluding carboxylic acids is 1. The number of fused-ring (bicyclic) bond motifs is 1. The van der Waals surface area contributed by atoms with E-state index in [0.29, 0.717) is 41.9 Å². The standard InChI is InChI=1S/C26H28N2O6S/c1-18(20-9-14-24-25(17-20)33-16-15-32-24)27-26(29)19(2)28(35(3,30)31)21-10-12-23(13-11-21)34-22-7-5-4-6-8-22/h4-14,17-19H,15-16H2,1-3H3,(H,27,29)/t18-,19-/m0/s1. The molecule has 2 atom stereocenters. The van der Waals surface area contributed by atoms with Gasteiger partial charge >= 0.3 is 0 Å². The summed E-state index contributed by atoms with van der Waals surface area (Å²) in [5.74, 6) is 2.08. The normalized spacial score (nSPS) is 14.5. The number of nitrogens with one attached hydrogen (secondary N) is 1. The molecule has 9 heteroatoms. The fraction of sp³-hybridized carbons (Fsp3) is 0.269. The average molecular weight is 497 g/mol. The summed E-state index contributed by atoms with van der Waals surface area (Å²) in [6.45, 7) is 4.35. The molecule has 35 heavy (non-hydrogen) atoms. The first-order chi connectivity index (χ1) is 16.7. The summed E-state index contributed by atoms with van der Waals surface area (Å²) >= 11 is 0. The minimum absolute atomic E-state index is 0.363. The van der Waals surface area contributed by atoms with E-state index < -0.39 is 22.0 Å². The maximum atomic E-state index is 13.1. The number of hydrogen-bond donors (Lipinski definition) is 1. The first-order valence-corrected chi connectivity index (χ1v) is 13.1. The predicted molar refractivity (Wildman–Crippen MR) is 134 cm³/mol. The van der Waals surface area contributed by atoms with Gasteiger partial charge in [0.25, 0.3) is 0 Å². The number of benzene rings is 3. The minimum Gasteiger partial charge on any atom is -0.486 e. The van der Waals surface area contributed by atoms with Gasteiger partial charge in [-0.2, -0.15) is 0 Å². The van der Waals surface area contributed by atoms with Crippen molar-refractivity contribution in [2.24, 2.45) is 0 Å². The lowest BCUT2D eigenvalue weighted by Crippen LogP contribution is -2.48. The Morgan fingerprint density at radius 3 is 2.20 bits per heavy atom. The fourth-order valence-electron chi connectivity index (χ4n) is 3.84. The van der Waals surface area contributed by atoms with Crippen molar-refractivity contribution in [3.8, 4) is 23.0 Å². The van der Waals surface area contributed by atoms with E-state index in [9.17, 15) is 13.2 Å². The molecule has 0 bridgehead atoms. The largest absolute Gasteiger partial charge is 0.486 e. The first-order valence-electron chi connectivity index (χ1n) is 11.2. The Kier molecular flexibility index (Phi) is 7.16. The molecule has 0 saturated heterocycles. The van der Waals surface area contributed by atoms with Crippen molar-refractivity contribution in [1.82, 2.24) is 5.32 Å². The molecular weight excluding hydrogens is 468 g/mol. The minimum atomic E-state index is -3.75. The average Bonchev–Trinajstić information content (AvgIpc) is 2.84. The molecule has 0 aliphatic carbocycles. The number of anilines is 1. The molecule has 4 rings (SSSR count). The van der Waals surface area contributed by atoms with Gasteiger partial charge in [0, 0.05) is 0 Å². The van der Waals surface area contributed by atoms with Crippen LogP contribution in [0, 0.1) is 0 Å². The smallest absolute Gasteiger partial charge is 0.244 e. The third-order valence-electron chi connectivity index (χ3n) is 5.58. The van der Waals surface area contributed by atoms with E-state index in [1.165, 1.54) is 0 Å². The highest BCUT2D eigenvalue weighted by molar-refractivity contribution is 7.92. The van der Waals surface area contributed by atoms with Gasteiger partial charge in [-0.05, 0) is 67.9 Å². The number of nitrogens with zero attached hydrogens (tertiary/aromatic N) is 1. The Hall–Kier alpha value is -3.72. The van der Waals surface area contributed by atoms with Crippen LogP contribution in [0.15, 0.2) is 72.8 Å². The Morgan fingerprint density at radius 1 is 0.914 bits per heavy atom. The zero-order valence-corrected chi connectivity index (χ0v) is 20.6. The molecule has 0 unspecified atom stereocenters. The van der Waals surface area contributed by atoms with Crippen LogP contribution < -0.4 is 23.8 Å². The van der Waals surface area contributed by atoms with Crippen LogP contribution in [0.25, 0.3) is 0 Å². The van der Waals surface area contributed by atoms with Crippen molar-refractivity contribution < 1.29 is 27.4 Å². The summed E-state index contributed by atoms with van der Waals surface area (Å²) in [4.78, 5) is 13.1. The van der Waals surface area contributed by atoms with Gasteiger partial charge in [0.2, 0.25) is 15.9 Å². The maximum Gasteiger partial charge on any atom is 0.244 e. The molecule has 1 N–H and O–H groups in total. The lowest BCUT2D eigenvalue weighted by Gasteiger charge is -2.29. The van der Waals surface area contributed by atoms with Gasteiger partial charge in [-0.3, -0.25) is 9.10 Å². The quantitative estimate of drug-likeness (QED) is 0.500. The topological polar surface area (TPSA) is 94.2 Å². The molecule has 1 amide bonds. The number of carbonyl (C=O) groups is 1. The van der Waals surface area contributed by atoms with E-state index >= 15 is 0 Å². The first kappa shape index (κ1) is 24.4. The number of hydrogen-bond acceptors (Lipinski definition) is 6. The van der Waals surface area contributed by atoms with Crippen LogP contribution in [0.3, 0.4) is 0 Å². The van der Waals surface area contributed by atoms with Crippen molar-refractivity contribution in [2.45, 2.75) is 25.9 Å². The highest BCUT2D eigenvalue weighted by Crippen LogP contribution is 2.33. The summed E-state index contributed by atoms with van der Waals surface area (Å²) in [6.07, 6.45) is 1.08. The van der Waals surface area contributed by atoms with Crippen LogP contribution in [0.1, 0.15) is 25.5 Å². The molecule has 0 saturated carbocycles. The van der Waals surface area contributed by atoms with Crippen molar-refractivity contribution in [3.05, 3.63) is 78.4 Å². The molecule has 1 heterocycles. The highest BCUT2D eigenvalue weighted by Gasteiger charge is 2.30. The summed E-state index contributed by atoms with van der Waals surface area (Å²) in [5.41, 5.74) is 1.19. The van der Waals surface area contributed by atoms with Gasteiger partial charge in [0.1, 0.15) is 30.8 Å². The van der Waals surface area contributed by atoms with E-state index in [1.54, 1.807) is 37.3 Å². The number of sulfonamides is 1. The molecule has 3 aromatic rings. The molecule has 0 aromatic heterocycles. The predicted octanol–water partition coefficient (Wildman–Crippen LogP) is 4.28. The van der Waals surface area contributed by atoms with Crippen molar-refractivity contribution in [3.63, 3.8) is 0 Å². The third kappa shape index (κ3) is 5.86. The molecular formula is C26H28N2O6S. The third-order valence-corrected chi connectivity index (χ3v) is 6.83. The lowest BCUT2D eigenvalue weighted by atomic mass is 10.1. The fourth-order valence-corrected chi connectivity index (χ4v) is 5.02. The second kappa shape index (κ2) is 10.3. The zero-order valence-electron chi connectivity index (χ0n) is 19.8. The summed E-state index contributed by atoms with van der Waals surface area (Å²) in [5, 5.41) is 2.90. The second-order valence-electron chi connectivity index (χ2n) is 8.28. The van der Waals surface area contributed by atoms with E-state index in [1.807, 2.05) is 49.4 Å². The Morgan fingerprint density at radius 2 is 1.54 bits per heavy atom. The number of para-hydroxylation sites is 1. The van der Waals surface area contributed by atoms with Gasteiger partial charge in [0.05, 0.1) is 18.0 Å². The van der Waals surface area contributed by atoms with Gasteiger partial charge < -0.3 is 19.5 Å². The second-order valence-corrected chi connectivity index (χ2v) is 10.1. The Balaban J connectivity index is 1.48. The summed E-state index contributed by atoms with van der Waals surface area (Å²) in [6, 6.07) is 20.0. The number of amides is 1. The molecule has 1 aliphatic heterocycles. The van der Waals surface area contributed by atoms with E-state index in [0.717, 1.165) is 16.1 Å². The molecule has 3 aromatic carbocycles.